The highest BCUT2D eigenvalue weighted by atomic mass is 32.2. The van der Waals surface area contributed by atoms with Gasteiger partial charge in [-0.2, -0.15) is 0 Å². The summed E-state index contributed by atoms with van der Waals surface area (Å²) in [5.41, 5.74) is 0. The molecule has 0 aromatic carbocycles. The molecule has 1 aliphatic rings. The molecule has 0 bridgehead atoms. The molecule has 0 unspecified atom stereocenters. The molecule has 0 spiro atoms. The predicted molar refractivity (Wildman–Crippen MR) is 52.5 cm³/mol. The normalized spacial score (nSPS) is 17.6. The summed E-state index contributed by atoms with van der Waals surface area (Å²) in [5, 5.41) is 6.71. The molecular formula is C7H11N3O5S. The molecule has 4 amide bonds. The van der Waals surface area contributed by atoms with E-state index in [-0.39, 0.29) is 18.7 Å². The first-order valence-corrected chi connectivity index (χ1v) is 6.16. The van der Waals surface area contributed by atoms with E-state index in [0.717, 1.165) is 4.90 Å². The number of sulfonamides is 1. The molecule has 1 fully saturated rings. The van der Waals surface area contributed by atoms with E-state index in [0.29, 0.717) is 0 Å². The second-order valence-electron chi connectivity index (χ2n) is 3.30. The number of barbiturate groups is 1. The van der Waals surface area contributed by atoms with Crippen LogP contribution in [0.3, 0.4) is 0 Å². The quantitative estimate of drug-likeness (QED) is 0.564. The average Bonchev–Trinajstić information content (AvgIpc) is 2.07. The maximum Gasteiger partial charge on any atom is 0.330 e. The van der Waals surface area contributed by atoms with Crippen LogP contribution in [0.15, 0.2) is 0 Å². The van der Waals surface area contributed by atoms with Gasteiger partial charge in [-0.1, -0.05) is 0 Å². The number of hydrogen-bond donors (Lipinski definition) is 2. The minimum atomic E-state index is -3.61. The third-order valence-electron chi connectivity index (χ3n) is 1.91. The Morgan fingerprint density at radius 3 is 2.44 bits per heavy atom. The van der Waals surface area contributed by atoms with Crippen molar-refractivity contribution in [3.8, 4) is 0 Å². The van der Waals surface area contributed by atoms with E-state index < -0.39 is 34.3 Å². The molecule has 0 radical (unpaired) electrons. The van der Waals surface area contributed by atoms with Crippen LogP contribution in [0, 0.1) is 0 Å². The van der Waals surface area contributed by atoms with Crippen LogP contribution in [-0.2, 0) is 19.6 Å². The number of nitrogens with zero attached hydrogens (tertiary/aromatic N) is 1. The van der Waals surface area contributed by atoms with E-state index in [9.17, 15) is 22.8 Å². The van der Waals surface area contributed by atoms with Gasteiger partial charge in [0.2, 0.25) is 21.8 Å². The Kier molecular flexibility index (Phi) is 3.60. The summed E-state index contributed by atoms with van der Waals surface area (Å²) in [6.07, 6.45) is -0.354. The average molecular weight is 249 g/mol. The van der Waals surface area contributed by atoms with Gasteiger partial charge in [0.05, 0.1) is 5.75 Å². The van der Waals surface area contributed by atoms with Crippen LogP contribution in [0.5, 0.6) is 0 Å². The molecule has 1 aliphatic heterocycles. The van der Waals surface area contributed by atoms with Crippen LogP contribution in [0.1, 0.15) is 12.8 Å². The summed E-state index contributed by atoms with van der Waals surface area (Å²) < 4.78 is 21.2. The van der Waals surface area contributed by atoms with Gasteiger partial charge >= 0.3 is 6.03 Å². The number of carbonyl (C=O) groups excluding carboxylic acids is 3. The zero-order valence-electron chi connectivity index (χ0n) is 8.30. The lowest BCUT2D eigenvalue weighted by Crippen LogP contribution is -2.53. The van der Waals surface area contributed by atoms with Gasteiger partial charge in [0, 0.05) is 6.54 Å². The summed E-state index contributed by atoms with van der Waals surface area (Å²) in [6, 6.07) is -0.823. The number of carbonyl (C=O) groups is 3. The van der Waals surface area contributed by atoms with Crippen molar-refractivity contribution in [2.45, 2.75) is 12.8 Å². The van der Waals surface area contributed by atoms with Gasteiger partial charge in [0.1, 0.15) is 6.42 Å². The molecule has 0 aromatic heterocycles. The lowest BCUT2D eigenvalue weighted by molar-refractivity contribution is -0.136. The van der Waals surface area contributed by atoms with Crippen molar-refractivity contribution in [2.24, 2.45) is 5.14 Å². The maximum absolute atomic E-state index is 11.2. The predicted octanol–water partition coefficient (Wildman–Crippen LogP) is -1.87. The van der Waals surface area contributed by atoms with E-state index in [2.05, 4.69) is 0 Å². The fourth-order valence-corrected chi connectivity index (χ4v) is 1.76. The van der Waals surface area contributed by atoms with Crippen molar-refractivity contribution < 1.29 is 22.8 Å². The van der Waals surface area contributed by atoms with Crippen LogP contribution in [0.25, 0.3) is 0 Å². The Morgan fingerprint density at radius 2 is 1.94 bits per heavy atom. The number of nitrogens with two attached hydrogens (primary N) is 1. The lowest BCUT2D eigenvalue weighted by Gasteiger charge is -2.24. The standard InChI is InChI=1S/C7H11N3O5S/c8-16(14,15)3-1-2-10-6(12)4-5(11)9-7(10)13/h1-4H2,(H2,8,14,15)(H,9,11,13). The number of nitrogens with one attached hydrogen (secondary N) is 1. The largest absolute Gasteiger partial charge is 0.330 e. The molecule has 3 N–H and O–H groups in total. The van der Waals surface area contributed by atoms with Crippen molar-refractivity contribution in [1.82, 2.24) is 10.2 Å². The molecular weight excluding hydrogens is 238 g/mol. The van der Waals surface area contributed by atoms with Gasteiger partial charge in [0.25, 0.3) is 0 Å². The summed E-state index contributed by atoms with van der Waals surface area (Å²) in [6.45, 7) is -0.0750. The zero-order valence-corrected chi connectivity index (χ0v) is 9.12. The molecule has 1 saturated heterocycles. The van der Waals surface area contributed by atoms with E-state index in [1.165, 1.54) is 0 Å². The zero-order chi connectivity index (χ0) is 12.3. The fraction of sp³-hybridized carbons (Fsp3) is 0.571. The third kappa shape index (κ3) is 3.59. The molecule has 0 aliphatic carbocycles. The monoisotopic (exact) mass is 249 g/mol. The Balaban J connectivity index is 2.51. The van der Waals surface area contributed by atoms with Crippen LogP contribution in [0.4, 0.5) is 4.79 Å². The molecule has 0 saturated carbocycles. The highest BCUT2D eigenvalue weighted by molar-refractivity contribution is 7.89. The van der Waals surface area contributed by atoms with Gasteiger partial charge in [-0.25, -0.2) is 18.4 Å². The summed E-state index contributed by atoms with van der Waals surface area (Å²) in [4.78, 5) is 34.0. The number of hydrogen-bond acceptors (Lipinski definition) is 5. The molecule has 1 heterocycles. The van der Waals surface area contributed by atoms with E-state index in [1.807, 2.05) is 5.32 Å². The van der Waals surface area contributed by atoms with Gasteiger partial charge in [-0.3, -0.25) is 19.8 Å². The molecule has 9 heteroatoms. The first-order chi connectivity index (χ1) is 7.29. The summed E-state index contributed by atoms with van der Waals surface area (Å²) in [5.74, 6) is -1.61. The number of rotatable bonds is 4. The highest BCUT2D eigenvalue weighted by Gasteiger charge is 2.30. The lowest BCUT2D eigenvalue weighted by atomic mass is 10.3. The second kappa shape index (κ2) is 4.58. The molecule has 0 aromatic rings. The maximum atomic E-state index is 11.2. The number of urea groups is 1. The van der Waals surface area contributed by atoms with Crippen LogP contribution < -0.4 is 10.5 Å². The Hall–Kier alpha value is -1.48. The summed E-state index contributed by atoms with van der Waals surface area (Å²) >= 11 is 0. The van der Waals surface area contributed by atoms with Gasteiger partial charge in [-0.15, -0.1) is 0 Å². The third-order valence-corrected chi connectivity index (χ3v) is 2.77. The smallest absolute Gasteiger partial charge is 0.277 e. The molecule has 1 rings (SSSR count). The Labute approximate surface area is 91.8 Å². The van der Waals surface area contributed by atoms with Gasteiger partial charge in [-0.05, 0) is 6.42 Å². The van der Waals surface area contributed by atoms with Gasteiger partial charge in [0.15, 0.2) is 0 Å². The minimum absolute atomic E-state index is 0.0478. The van der Waals surface area contributed by atoms with Gasteiger partial charge < -0.3 is 0 Å². The first-order valence-electron chi connectivity index (χ1n) is 4.44. The van der Waals surface area contributed by atoms with Crippen LogP contribution >= 0.6 is 0 Å². The van der Waals surface area contributed by atoms with Crippen molar-refractivity contribution in [3.05, 3.63) is 0 Å². The van der Waals surface area contributed by atoms with E-state index in [4.69, 9.17) is 5.14 Å². The molecule has 90 valence electrons. The second-order valence-corrected chi connectivity index (χ2v) is 5.03. The van der Waals surface area contributed by atoms with Crippen molar-refractivity contribution >= 4 is 27.9 Å². The van der Waals surface area contributed by atoms with Crippen molar-refractivity contribution in [1.29, 1.82) is 0 Å². The minimum Gasteiger partial charge on any atom is -0.277 e. The topological polar surface area (TPSA) is 127 Å². The molecule has 8 nitrogen and oxygen atoms in total. The Bertz CT molecular complexity index is 409. The highest BCUT2D eigenvalue weighted by Crippen LogP contribution is 2.03. The fourth-order valence-electron chi connectivity index (χ4n) is 1.23. The summed E-state index contributed by atoms with van der Waals surface area (Å²) in [7, 11) is -3.61. The number of amides is 4. The SMILES string of the molecule is NS(=O)(=O)CCCN1C(=O)CC(=O)NC1=O. The van der Waals surface area contributed by atoms with Crippen molar-refractivity contribution in [3.63, 3.8) is 0 Å². The van der Waals surface area contributed by atoms with Crippen molar-refractivity contribution in [2.75, 3.05) is 12.3 Å². The first kappa shape index (κ1) is 12.6. The molecule has 0 atom stereocenters. The van der Waals surface area contributed by atoms with E-state index >= 15 is 0 Å². The number of primary sulfonamides is 1. The number of imide groups is 2. The van der Waals surface area contributed by atoms with Crippen LogP contribution in [-0.4, -0.2) is 43.5 Å². The van der Waals surface area contributed by atoms with Crippen LogP contribution in [0.2, 0.25) is 0 Å². The Morgan fingerprint density at radius 1 is 1.31 bits per heavy atom. The van der Waals surface area contributed by atoms with E-state index in [1.54, 1.807) is 0 Å². The molecule has 16 heavy (non-hydrogen) atoms.